The van der Waals surface area contributed by atoms with E-state index >= 15 is 0 Å². The van der Waals surface area contributed by atoms with Crippen LogP contribution in [0.2, 0.25) is 0 Å². The molecule has 0 unspecified atom stereocenters. The zero-order valence-electron chi connectivity index (χ0n) is 15.9. The molecule has 0 amide bonds. The average Bonchev–Trinajstić information content (AvgIpc) is 3.21. The molecular weight excluding hydrogens is 425 g/mol. The molecule has 0 bridgehead atoms. The van der Waals surface area contributed by atoms with Gasteiger partial charge in [0.25, 0.3) is 0 Å². The first kappa shape index (κ1) is 23.0. The van der Waals surface area contributed by atoms with Gasteiger partial charge >= 0.3 is 5.97 Å². The average molecular weight is 446 g/mol. The number of hydrazine groups is 1. The van der Waals surface area contributed by atoms with Crippen LogP contribution in [0.5, 0.6) is 5.75 Å². The van der Waals surface area contributed by atoms with E-state index in [2.05, 4.69) is 10.4 Å². The van der Waals surface area contributed by atoms with Crippen LogP contribution in [0.3, 0.4) is 0 Å². The third kappa shape index (κ3) is 5.20. The number of anilines is 1. The molecule has 1 aliphatic heterocycles. The number of amidine groups is 1. The lowest BCUT2D eigenvalue weighted by molar-refractivity contribution is 0.0735. The highest BCUT2D eigenvalue weighted by molar-refractivity contribution is 5.99. The fourth-order valence-corrected chi connectivity index (χ4v) is 2.93. The van der Waals surface area contributed by atoms with Crippen molar-refractivity contribution < 1.29 is 9.53 Å². The Morgan fingerprint density at radius 3 is 2.33 bits per heavy atom. The number of hydrogen-bond donors (Lipinski definition) is 3. The van der Waals surface area contributed by atoms with Crippen molar-refractivity contribution in [1.29, 1.82) is 5.41 Å². The molecule has 3 aromatic carbocycles. The van der Waals surface area contributed by atoms with Gasteiger partial charge in [0.05, 0.1) is 24.3 Å². The van der Waals surface area contributed by atoms with Crippen LogP contribution in [-0.2, 0) is 0 Å². The van der Waals surface area contributed by atoms with E-state index in [0.717, 1.165) is 29.5 Å². The van der Waals surface area contributed by atoms with Crippen LogP contribution in [0.4, 0.5) is 5.69 Å². The van der Waals surface area contributed by atoms with E-state index in [-0.39, 0.29) is 30.6 Å². The van der Waals surface area contributed by atoms with E-state index in [1.54, 1.807) is 36.7 Å². The summed E-state index contributed by atoms with van der Waals surface area (Å²) in [4.78, 5) is 16.6. The van der Waals surface area contributed by atoms with Crippen LogP contribution >= 0.6 is 24.8 Å². The van der Waals surface area contributed by atoms with E-state index < -0.39 is 5.97 Å². The summed E-state index contributed by atoms with van der Waals surface area (Å²) in [6.07, 6.45) is 1.75. The predicted molar refractivity (Wildman–Crippen MR) is 125 cm³/mol. The van der Waals surface area contributed by atoms with Crippen molar-refractivity contribution in [3.05, 3.63) is 71.8 Å². The van der Waals surface area contributed by atoms with Gasteiger partial charge in [-0.1, -0.05) is 18.2 Å². The van der Waals surface area contributed by atoms with Crippen LogP contribution < -0.4 is 15.9 Å². The van der Waals surface area contributed by atoms with Crippen LogP contribution in [0.25, 0.3) is 10.8 Å². The second-order valence-electron chi connectivity index (χ2n) is 6.43. The monoisotopic (exact) mass is 445 g/mol. The van der Waals surface area contributed by atoms with Gasteiger partial charge in [0, 0.05) is 5.56 Å². The summed E-state index contributed by atoms with van der Waals surface area (Å²) in [5.41, 5.74) is 10.7. The number of hydrogen-bond acceptors (Lipinski definition) is 6. The van der Waals surface area contributed by atoms with Crippen molar-refractivity contribution in [2.45, 2.75) is 0 Å². The molecule has 0 fully saturated rings. The largest absolute Gasteiger partial charge is 0.423 e. The third-order valence-corrected chi connectivity index (χ3v) is 4.42. The molecular formula is C21H21Cl2N5O2. The Labute approximate surface area is 186 Å². The number of rotatable bonds is 5. The Kier molecular flexibility index (Phi) is 7.63. The Balaban J connectivity index is 0.00000160. The molecule has 0 saturated heterocycles. The lowest BCUT2D eigenvalue weighted by Gasteiger charge is -2.16. The smallest absolute Gasteiger partial charge is 0.343 e. The van der Waals surface area contributed by atoms with E-state index in [1.165, 1.54) is 0 Å². The molecule has 3 aromatic rings. The number of carbonyl (C=O) groups excluding carboxylic acids is 1. The highest BCUT2D eigenvalue weighted by atomic mass is 35.5. The van der Waals surface area contributed by atoms with Crippen LogP contribution in [-0.4, -0.2) is 36.2 Å². The van der Waals surface area contributed by atoms with Gasteiger partial charge in [-0.2, -0.15) is 0 Å². The van der Waals surface area contributed by atoms with Gasteiger partial charge in [-0.05, 0) is 53.2 Å². The molecule has 0 spiro atoms. The second-order valence-corrected chi connectivity index (χ2v) is 6.43. The molecule has 30 heavy (non-hydrogen) atoms. The van der Waals surface area contributed by atoms with Gasteiger partial charge in [-0.3, -0.25) is 20.8 Å². The van der Waals surface area contributed by atoms with E-state index in [9.17, 15) is 4.79 Å². The normalized spacial score (nSPS) is 12.1. The molecule has 0 saturated carbocycles. The molecule has 7 nitrogen and oxygen atoms in total. The fraction of sp³-hybridized carbons (Fsp3) is 0.0952. The molecule has 1 aliphatic rings. The second kappa shape index (κ2) is 9.96. The number of carbonyl (C=O) groups is 1. The first-order chi connectivity index (χ1) is 13.6. The molecule has 0 atom stereocenters. The number of benzene rings is 3. The molecule has 156 valence electrons. The highest BCUT2D eigenvalue weighted by Crippen LogP contribution is 2.23. The number of aliphatic imine (C=N–C) groups is 1. The molecule has 4 N–H and O–H groups in total. The Hall–Kier alpha value is -3.29. The van der Waals surface area contributed by atoms with Crippen molar-refractivity contribution in [1.82, 2.24) is 5.01 Å². The number of nitrogens with two attached hydrogens (primary N) is 1. The van der Waals surface area contributed by atoms with E-state index in [0.29, 0.717) is 16.9 Å². The van der Waals surface area contributed by atoms with Crippen LogP contribution in [0.1, 0.15) is 15.9 Å². The molecule has 4 rings (SSSR count). The summed E-state index contributed by atoms with van der Waals surface area (Å²) in [6, 6.07) is 17.9. The van der Waals surface area contributed by atoms with Crippen LogP contribution in [0, 0.1) is 5.41 Å². The lowest BCUT2D eigenvalue weighted by Crippen LogP contribution is -2.26. The highest BCUT2D eigenvalue weighted by Gasteiger charge is 2.11. The summed E-state index contributed by atoms with van der Waals surface area (Å²) in [7, 11) is 0. The Bertz CT molecular complexity index is 1090. The molecule has 0 aromatic heterocycles. The summed E-state index contributed by atoms with van der Waals surface area (Å²) in [5, 5.41) is 11.2. The van der Waals surface area contributed by atoms with Gasteiger partial charge in [-0.25, -0.2) is 4.79 Å². The van der Waals surface area contributed by atoms with E-state index in [4.69, 9.17) is 15.9 Å². The number of esters is 1. The minimum atomic E-state index is -0.422. The standard InChI is InChI=1S/C21H19N5O2.2ClH/c22-20(23)17-2-1-16-12-19(8-5-15(16)11-17)28-21(27)14-3-6-18(7-4-14)25-26-10-9-24-13-26;;/h1-8,11-13,25H,9-10H2,(H3,22,23);2*1H. The van der Waals surface area contributed by atoms with Gasteiger partial charge in [-0.15, -0.1) is 24.8 Å². The van der Waals surface area contributed by atoms with E-state index in [1.807, 2.05) is 35.3 Å². The molecule has 9 heteroatoms. The first-order valence-electron chi connectivity index (χ1n) is 8.82. The summed E-state index contributed by atoms with van der Waals surface area (Å²) < 4.78 is 5.50. The third-order valence-electron chi connectivity index (χ3n) is 4.42. The maximum absolute atomic E-state index is 12.4. The minimum absolute atomic E-state index is 0. The maximum Gasteiger partial charge on any atom is 0.343 e. The topological polar surface area (TPSA) is 104 Å². The number of nitrogen functional groups attached to an aromatic ring is 1. The van der Waals surface area contributed by atoms with Crippen molar-refractivity contribution >= 4 is 59.4 Å². The number of nitrogens with one attached hydrogen (secondary N) is 2. The van der Waals surface area contributed by atoms with Gasteiger partial charge in [0.2, 0.25) is 0 Å². The van der Waals surface area contributed by atoms with Gasteiger partial charge in [0.1, 0.15) is 17.9 Å². The zero-order chi connectivity index (χ0) is 19.5. The van der Waals surface area contributed by atoms with Crippen LogP contribution in [0.15, 0.2) is 65.7 Å². The number of fused-ring (bicyclic) bond motifs is 1. The molecule has 0 aliphatic carbocycles. The summed E-state index contributed by atoms with van der Waals surface area (Å²) in [6.45, 7) is 1.60. The number of ether oxygens (including phenoxy) is 1. The van der Waals surface area contributed by atoms with Crippen molar-refractivity contribution in [2.75, 3.05) is 18.5 Å². The Morgan fingerprint density at radius 1 is 1.00 bits per heavy atom. The Morgan fingerprint density at radius 2 is 1.67 bits per heavy atom. The van der Waals surface area contributed by atoms with Crippen molar-refractivity contribution in [3.63, 3.8) is 0 Å². The number of nitrogens with zero attached hydrogens (tertiary/aromatic N) is 2. The number of halogens is 2. The van der Waals surface area contributed by atoms with Gasteiger partial charge in [0.15, 0.2) is 0 Å². The lowest BCUT2D eigenvalue weighted by atomic mass is 10.1. The SMILES string of the molecule is Cl.Cl.N=C(N)c1ccc2cc(OC(=O)c3ccc(NN4C=NCC4)cc3)ccc2c1. The summed E-state index contributed by atoms with van der Waals surface area (Å²) >= 11 is 0. The van der Waals surface area contributed by atoms with Gasteiger partial charge < -0.3 is 10.5 Å². The zero-order valence-corrected chi connectivity index (χ0v) is 17.5. The van der Waals surface area contributed by atoms with Crippen molar-refractivity contribution in [3.8, 4) is 5.75 Å². The maximum atomic E-state index is 12.4. The fourth-order valence-electron chi connectivity index (χ4n) is 2.93. The molecule has 0 radical (unpaired) electrons. The molecule has 1 heterocycles. The quantitative estimate of drug-likeness (QED) is 0.239. The minimum Gasteiger partial charge on any atom is -0.423 e. The first-order valence-corrected chi connectivity index (χ1v) is 8.82. The summed E-state index contributed by atoms with van der Waals surface area (Å²) in [5.74, 6) is 0.0601. The predicted octanol–water partition coefficient (Wildman–Crippen LogP) is 3.86. The van der Waals surface area contributed by atoms with Crippen molar-refractivity contribution in [2.24, 2.45) is 10.7 Å².